The highest BCUT2D eigenvalue weighted by atomic mass is 19.1. The van der Waals surface area contributed by atoms with Crippen molar-refractivity contribution in [3.05, 3.63) is 53.4 Å². The van der Waals surface area contributed by atoms with Crippen molar-refractivity contribution < 1.29 is 13.6 Å². The van der Waals surface area contributed by atoms with Crippen LogP contribution in [0, 0.1) is 24.5 Å². The van der Waals surface area contributed by atoms with Gasteiger partial charge in [-0.3, -0.25) is 9.48 Å². The Balaban J connectivity index is 1.48. The second-order valence-electron chi connectivity index (χ2n) is 7.48. The zero-order valence-corrected chi connectivity index (χ0v) is 16.5. The quantitative estimate of drug-likeness (QED) is 0.732. The van der Waals surface area contributed by atoms with Crippen LogP contribution in [-0.2, 0) is 18.4 Å². The highest BCUT2D eigenvalue weighted by Gasteiger charge is 2.28. The Labute approximate surface area is 167 Å². The van der Waals surface area contributed by atoms with Gasteiger partial charge in [-0.1, -0.05) is 6.07 Å². The number of benzene rings is 1. The number of aromatic nitrogens is 3. The van der Waals surface area contributed by atoms with Gasteiger partial charge in [-0.25, -0.2) is 13.8 Å². The number of aryl methyl sites for hydroxylation is 2. The van der Waals surface area contributed by atoms with Crippen molar-refractivity contribution in [1.29, 1.82) is 0 Å². The van der Waals surface area contributed by atoms with E-state index < -0.39 is 11.6 Å². The number of anilines is 1. The molecule has 152 valence electrons. The Bertz CT molecular complexity index is 1060. The minimum Gasteiger partial charge on any atom is -0.354 e. The van der Waals surface area contributed by atoms with E-state index in [1.807, 2.05) is 24.7 Å². The van der Waals surface area contributed by atoms with Gasteiger partial charge < -0.3 is 10.2 Å². The fraction of sp³-hybridized carbons (Fsp3) is 0.381. The average molecular weight is 399 g/mol. The van der Waals surface area contributed by atoms with Crippen LogP contribution in [-0.4, -0.2) is 33.8 Å². The number of pyridine rings is 1. The van der Waals surface area contributed by atoms with Gasteiger partial charge in [0.2, 0.25) is 5.91 Å². The van der Waals surface area contributed by atoms with Crippen molar-refractivity contribution >= 4 is 22.6 Å². The molecule has 6 nitrogen and oxygen atoms in total. The van der Waals surface area contributed by atoms with Crippen LogP contribution in [0.1, 0.15) is 24.1 Å². The number of halogens is 2. The molecule has 1 saturated heterocycles. The molecule has 0 aliphatic carbocycles. The third kappa shape index (κ3) is 3.79. The van der Waals surface area contributed by atoms with Gasteiger partial charge in [-0.05, 0) is 31.9 Å². The number of nitrogens with zero attached hydrogens (tertiary/aromatic N) is 4. The number of hydrogen-bond donors (Lipinski definition) is 1. The monoisotopic (exact) mass is 399 g/mol. The van der Waals surface area contributed by atoms with E-state index >= 15 is 0 Å². The topological polar surface area (TPSA) is 63.1 Å². The maximum Gasteiger partial charge on any atom is 0.225 e. The minimum absolute atomic E-state index is 0.0379. The predicted octanol–water partition coefficient (Wildman–Crippen LogP) is 3.09. The van der Waals surface area contributed by atoms with Gasteiger partial charge in [-0.2, -0.15) is 5.10 Å². The molecule has 0 saturated carbocycles. The van der Waals surface area contributed by atoms with Crippen molar-refractivity contribution in [3.63, 3.8) is 0 Å². The summed E-state index contributed by atoms with van der Waals surface area (Å²) in [6, 6.07) is 5.32. The molecule has 29 heavy (non-hydrogen) atoms. The third-order valence-corrected chi connectivity index (χ3v) is 5.48. The molecular formula is C21H23F2N5O. The van der Waals surface area contributed by atoms with Crippen LogP contribution in [0.3, 0.4) is 0 Å². The molecule has 1 unspecified atom stereocenters. The van der Waals surface area contributed by atoms with Gasteiger partial charge in [0.1, 0.15) is 17.2 Å². The summed E-state index contributed by atoms with van der Waals surface area (Å²) in [6.45, 7) is 3.35. The van der Waals surface area contributed by atoms with Crippen LogP contribution in [0.4, 0.5) is 14.6 Å². The van der Waals surface area contributed by atoms with Crippen LogP contribution in [0.25, 0.3) is 10.9 Å². The second-order valence-corrected chi connectivity index (χ2v) is 7.48. The molecule has 0 radical (unpaired) electrons. The smallest absolute Gasteiger partial charge is 0.225 e. The summed E-state index contributed by atoms with van der Waals surface area (Å²) in [5, 5.41) is 8.33. The first kappa shape index (κ1) is 19.3. The summed E-state index contributed by atoms with van der Waals surface area (Å²) in [5.74, 6) is -0.816. The largest absolute Gasteiger partial charge is 0.354 e. The summed E-state index contributed by atoms with van der Waals surface area (Å²) in [4.78, 5) is 19.4. The van der Waals surface area contributed by atoms with Gasteiger partial charge in [0.15, 0.2) is 5.82 Å². The minimum atomic E-state index is -0.655. The lowest BCUT2D eigenvalue weighted by atomic mass is 9.96. The Hall–Kier alpha value is -3.03. The molecule has 1 aliphatic heterocycles. The number of piperidine rings is 1. The van der Waals surface area contributed by atoms with E-state index in [0.717, 1.165) is 47.9 Å². The molecule has 1 fully saturated rings. The first-order valence-electron chi connectivity index (χ1n) is 9.69. The van der Waals surface area contributed by atoms with Gasteiger partial charge in [0.05, 0.1) is 11.6 Å². The summed E-state index contributed by atoms with van der Waals surface area (Å²) in [7, 11) is 1.89. The van der Waals surface area contributed by atoms with Crippen LogP contribution in [0.5, 0.6) is 0 Å². The van der Waals surface area contributed by atoms with Crippen molar-refractivity contribution in [2.24, 2.45) is 13.0 Å². The van der Waals surface area contributed by atoms with E-state index in [0.29, 0.717) is 6.54 Å². The van der Waals surface area contributed by atoms with Crippen LogP contribution in [0.2, 0.25) is 0 Å². The molecule has 4 rings (SSSR count). The molecule has 2 aromatic heterocycles. The first-order valence-corrected chi connectivity index (χ1v) is 9.69. The normalized spacial score (nSPS) is 17.0. The zero-order valence-electron chi connectivity index (χ0n) is 16.5. The molecule has 0 spiro atoms. The second kappa shape index (κ2) is 7.77. The molecule has 1 N–H and O–H groups in total. The lowest BCUT2D eigenvalue weighted by Crippen LogP contribution is -2.43. The molecule has 1 amide bonds. The third-order valence-electron chi connectivity index (χ3n) is 5.48. The standard InChI is InChI=1S/C21H23F2N5O/c1-13-17-7-8-24-20(19(17)27(2)26-13)28-9-3-4-15(12-28)21(29)25-11-14-5-6-16(22)10-18(14)23/h5-8,10,15H,3-4,9,11-12H2,1-2H3,(H,25,29). The van der Waals surface area contributed by atoms with Gasteiger partial charge in [0.25, 0.3) is 0 Å². The summed E-state index contributed by atoms with van der Waals surface area (Å²) >= 11 is 0. The molecule has 1 atom stereocenters. The van der Waals surface area contributed by atoms with Crippen molar-refractivity contribution in [1.82, 2.24) is 20.1 Å². The first-order chi connectivity index (χ1) is 13.9. The van der Waals surface area contributed by atoms with E-state index in [4.69, 9.17) is 0 Å². The van der Waals surface area contributed by atoms with Crippen molar-refractivity contribution in [2.75, 3.05) is 18.0 Å². The molecule has 3 heterocycles. The fourth-order valence-electron chi connectivity index (χ4n) is 3.99. The molecule has 8 heteroatoms. The summed E-state index contributed by atoms with van der Waals surface area (Å²) in [5.41, 5.74) is 2.17. The number of nitrogens with one attached hydrogen (secondary N) is 1. The van der Waals surface area contributed by atoms with Crippen molar-refractivity contribution in [3.8, 4) is 0 Å². The highest BCUT2D eigenvalue weighted by Crippen LogP contribution is 2.29. The van der Waals surface area contributed by atoms with E-state index in [1.165, 1.54) is 12.1 Å². The van der Waals surface area contributed by atoms with E-state index in [2.05, 4.69) is 20.3 Å². The molecular weight excluding hydrogens is 376 g/mol. The average Bonchev–Trinajstić information content (AvgIpc) is 3.01. The van der Waals surface area contributed by atoms with Crippen LogP contribution >= 0.6 is 0 Å². The van der Waals surface area contributed by atoms with E-state index in [-0.39, 0.29) is 23.9 Å². The van der Waals surface area contributed by atoms with Gasteiger partial charge in [0, 0.05) is 49.9 Å². The Kier molecular flexibility index (Phi) is 5.17. The zero-order chi connectivity index (χ0) is 20.5. The molecule has 3 aromatic rings. The molecule has 0 bridgehead atoms. The van der Waals surface area contributed by atoms with E-state index in [9.17, 15) is 13.6 Å². The van der Waals surface area contributed by atoms with Crippen LogP contribution in [0.15, 0.2) is 30.5 Å². The Morgan fingerprint density at radius 2 is 2.14 bits per heavy atom. The summed E-state index contributed by atoms with van der Waals surface area (Å²) < 4.78 is 28.7. The number of fused-ring (bicyclic) bond motifs is 1. The summed E-state index contributed by atoms with van der Waals surface area (Å²) in [6.07, 6.45) is 3.39. The van der Waals surface area contributed by atoms with Gasteiger partial charge >= 0.3 is 0 Å². The van der Waals surface area contributed by atoms with Crippen molar-refractivity contribution in [2.45, 2.75) is 26.3 Å². The highest BCUT2D eigenvalue weighted by molar-refractivity contribution is 5.91. The lowest BCUT2D eigenvalue weighted by Gasteiger charge is -2.33. The molecule has 1 aromatic carbocycles. The number of rotatable bonds is 4. The van der Waals surface area contributed by atoms with Gasteiger partial charge in [-0.15, -0.1) is 0 Å². The lowest BCUT2D eigenvalue weighted by molar-refractivity contribution is -0.125. The number of hydrogen-bond acceptors (Lipinski definition) is 4. The van der Waals surface area contributed by atoms with Crippen LogP contribution < -0.4 is 10.2 Å². The number of carbonyl (C=O) groups is 1. The SMILES string of the molecule is Cc1nn(C)c2c(N3CCCC(C(=O)NCc4ccc(F)cc4F)C3)nccc12. The Morgan fingerprint density at radius 1 is 1.31 bits per heavy atom. The predicted molar refractivity (Wildman–Crippen MR) is 106 cm³/mol. The number of carbonyl (C=O) groups excluding carboxylic acids is 1. The number of amides is 1. The Morgan fingerprint density at radius 3 is 2.93 bits per heavy atom. The van der Waals surface area contributed by atoms with E-state index in [1.54, 1.807) is 6.20 Å². The maximum atomic E-state index is 13.8. The fourth-order valence-corrected chi connectivity index (χ4v) is 3.99. The molecule has 1 aliphatic rings. The maximum absolute atomic E-state index is 13.8.